The molecule has 29 heavy (non-hydrogen) atoms. The summed E-state index contributed by atoms with van der Waals surface area (Å²) in [6.45, 7) is 3.18. The van der Waals surface area contributed by atoms with E-state index in [0.717, 1.165) is 29.8 Å². The molecule has 1 heterocycles. The van der Waals surface area contributed by atoms with Crippen molar-refractivity contribution in [3.05, 3.63) is 40.1 Å². The zero-order chi connectivity index (χ0) is 21.1. The number of carbonyl (C=O) groups is 2. The molecule has 156 valence electrons. The highest BCUT2D eigenvalue weighted by Crippen LogP contribution is 2.29. The molecule has 1 saturated heterocycles. The molecule has 0 atom stereocenters. The quantitative estimate of drug-likeness (QED) is 0.595. The Morgan fingerprint density at radius 2 is 1.79 bits per heavy atom. The van der Waals surface area contributed by atoms with Crippen molar-refractivity contribution in [2.75, 3.05) is 37.6 Å². The molecular formula is C20H23ClF2N4O2. The lowest BCUT2D eigenvalue weighted by Gasteiger charge is -2.36. The zero-order valence-electron chi connectivity index (χ0n) is 16.2. The van der Waals surface area contributed by atoms with Crippen molar-refractivity contribution < 1.29 is 18.4 Å². The molecule has 0 unspecified atom stereocenters. The average Bonchev–Trinajstić information content (AvgIpc) is 3.17. The number of rotatable bonds is 4. The van der Waals surface area contributed by atoms with Gasteiger partial charge in [0.2, 0.25) is 5.91 Å². The maximum absolute atomic E-state index is 13.5. The van der Waals surface area contributed by atoms with Gasteiger partial charge in [-0.3, -0.25) is 14.6 Å². The second-order valence-electron chi connectivity index (χ2n) is 7.15. The molecule has 3 rings (SSSR count). The SMILES string of the molecule is CC(=O)/C(N)=C1\CCCC1=NCC(=O)N1CCN(c2cc(F)c(F)cc2Cl)CC1. The van der Waals surface area contributed by atoms with Crippen molar-refractivity contribution >= 4 is 34.7 Å². The number of aliphatic imine (C=N–C) groups is 1. The molecule has 0 spiro atoms. The Labute approximate surface area is 173 Å². The van der Waals surface area contributed by atoms with Crippen LogP contribution in [0.15, 0.2) is 28.4 Å². The van der Waals surface area contributed by atoms with E-state index in [1.165, 1.54) is 6.92 Å². The van der Waals surface area contributed by atoms with Gasteiger partial charge in [-0.2, -0.15) is 0 Å². The molecule has 2 fully saturated rings. The fourth-order valence-electron chi connectivity index (χ4n) is 3.62. The van der Waals surface area contributed by atoms with Crippen molar-refractivity contribution in [1.29, 1.82) is 0 Å². The third-order valence-corrected chi connectivity index (χ3v) is 5.56. The summed E-state index contributed by atoms with van der Waals surface area (Å²) in [6, 6.07) is 2.04. The smallest absolute Gasteiger partial charge is 0.244 e. The van der Waals surface area contributed by atoms with Crippen LogP contribution in [0.3, 0.4) is 0 Å². The van der Waals surface area contributed by atoms with Gasteiger partial charge in [0.05, 0.1) is 16.4 Å². The van der Waals surface area contributed by atoms with Gasteiger partial charge in [0.25, 0.3) is 0 Å². The molecule has 6 nitrogen and oxygen atoms in total. The van der Waals surface area contributed by atoms with Crippen molar-refractivity contribution in [3.63, 3.8) is 0 Å². The highest BCUT2D eigenvalue weighted by Gasteiger charge is 2.25. The first kappa shape index (κ1) is 21.2. The van der Waals surface area contributed by atoms with Crippen LogP contribution in [0.4, 0.5) is 14.5 Å². The lowest BCUT2D eigenvalue weighted by molar-refractivity contribution is -0.129. The van der Waals surface area contributed by atoms with Crippen LogP contribution >= 0.6 is 11.6 Å². The Kier molecular flexibility index (Phi) is 6.52. The van der Waals surface area contributed by atoms with Crippen LogP contribution in [0.2, 0.25) is 5.02 Å². The van der Waals surface area contributed by atoms with Gasteiger partial charge in [0.1, 0.15) is 6.54 Å². The number of anilines is 1. The maximum Gasteiger partial charge on any atom is 0.244 e. The summed E-state index contributed by atoms with van der Waals surface area (Å²) in [6.07, 6.45) is 2.27. The summed E-state index contributed by atoms with van der Waals surface area (Å²) in [5.74, 6) is -2.25. The van der Waals surface area contributed by atoms with Crippen LogP contribution in [0.1, 0.15) is 26.2 Å². The number of carbonyl (C=O) groups excluding carboxylic acids is 2. The molecule has 0 radical (unpaired) electrons. The Morgan fingerprint density at radius 1 is 1.14 bits per heavy atom. The van der Waals surface area contributed by atoms with Crippen LogP contribution < -0.4 is 10.6 Å². The molecule has 1 aromatic rings. The number of nitrogens with two attached hydrogens (primary N) is 1. The molecule has 1 amide bonds. The Bertz CT molecular complexity index is 893. The van der Waals surface area contributed by atoms with Crippen LogP contribution in [-0.2, 0) is 9.59 Å². The summed E-state index contributed by atoms with van der Waals surface area (Å²) >= 11 is 6.03. The lowest BCUT2D eigenvalue weighted by Crippen LogP contribution is -2.49. The molecule has 1 aliphatic carbocycles. The number of nitrogens with zero attached hydrogens (tertiary/aromatic N) is 3. The van der Waals surface area contributed by atoms with E-state index >= 15 is 0 Å². The minimum absolute atomic E-state index is 0.00402. The van der Waals surface area contributed by atoms with E-state index in [4.69, 9.17) is 17.3 Å². The number of allylic oxidation sites excluding steroid dienone is 2. The van der Waals surface area contributed by atoms with E-state index in [1.54, 1.807) is 4.90 Å². The van der Waals surface area contributed by atoms with Crippen molar-refractivity contribution in [3.8, 4) is 0 Å². The number of amides is 1. The third kappa shape index (κ3) is 4.75. The number of hydrogen-bond donors (Lipinski definition) is 1. The normalized spacial score (nSPS) is 20.3. The van der Waals surface area contributed by atoms with E-state index in [0.29, 0.717) is 44.7 Å². The van der Waals surface area contributed by atoms with E-state index in [2.05, 4.69) is 4.99 Å². The van der Waals surface area contributed by atoms with Crippen LogP contribution in [0.5, 0.6) is 0 Å². The van der Waals surface area contributed by atoms with Crippen LogP contribution in [-0.4, -0.2) is 55.0 Å². The number of Topliss-reactive ketones (excluding diaryl/α,β-unsaturated/α-hetero) is 1. The standard InChI is InChI=1S/C20H23ClF2N4O2/c1-12(28)20(24)13-3-2-4-17(13)25-11-19(29)27-7-5-26(6-8-27)18-10-16(23)15(22)9-14(18)21/h9-10H,2-8,11,24H2,1H3/b20-13-,25-17?. The predicted octanol–water partition coefficient (Wildman–Crippen LogP) is 2.69. The Hall–Kier alpha value is -2.48. The zero-order valence-corrected chi connectivity index (χ0v) is 16.9. The van der Waals surface area contributed by atoms with E-state index < -0.39 is 11.6 Å². The van der Waals surface area contributed by atoms with Gasteiger partial charge in [0, 0.05) is 44.9 Å². The molecule has 2 aliphatic rings. The van der Waals surface area contributed by atoms with Gasteiger partial charge in [-0.05, 0) is 30.9 Å². The summed E-state index contributed by atoms with van der Waals surface area (Å²) < 4.78 is 26.8. The van der Waals surface area contributed by atoms with Crippen LogP contribution in [0, 0.1) is 11.6 Å². The minimum atomic E-state index is -0.989. The molecule has 0 aromatic heterocycles. The van der Waals surface area contributed by atoms with Gasteiger partial charge < -0.3 is 15.5 Å². The summed E-state index contributed by atoms with van der Waals surface area (Å²) in [7, 11) is 0. The largest absolute Gasteiger partial charge is 0.396 e. The second-order valence-corrected chi connectivity index (χ2v) is 7.56. The number of ketones is 1. The first-order valence-corrected chi connectivity index (χ1v) is 9.86. The fraction of sp³-hybridized carbons (Fsp3) is 0.450. The minimum Gasteiger partial charge on any atom is -0.396 e. The number of piperazine rings is 1. The Morgan fingerprint density at radius 3 is 2.45 bits per heavy atom. The molecule has 1 saturated carbocycles. The molecular weight excluding hydrogens is 402 g/mol. The second kappa shape index (κ2) is 8.90. The number of hydrogen-bond acceptors (Lipinski definition) is 5. The molecule has 1 aromatic carbocycles. The van der Waals surface area contributed by atoms with Gasteiger partial charge in [0.15, 0.2) is 17.4 Å². The lowest BCUT2D eigenvalue weighted by atomic mass is 10.1. The van der Waals surface area contributed by atoms with E-state index in [-0.39, 0.29) is 29.0 Å². The number of benzene rings is 1. The fourth-order valence-corrected chi connectivity index (χ4v) is 3.89. The Balaban J connectivity index is 1.60. The topological polar surface area (TPSA) is 79.0 Å². The highest BCUT2D eigenvalue weighted by molar-refractivity contribution is 6.33. The van der Waals surface area contributed by atoms with Gasteiger partial charge in [-0.15, -0.1) is 0 Å². The first-order chi connectivity index (χ1) is 13.8. The average molecular weight is 425 g/mol. The van der Waals surface area contributed by atoms with Gasteiger partial charge >= 0.3 is 0 Å². The first-order valence-electron chi connectivity index (χ1n) is 9.48. The number of halogens is 3. The van der Waals surface area contributed by atoms with Crippen molar-refractivity contribution in [1.82, 2.24) is 4.90 Å². The van der Waals surface area contributed by atoms with Crippen LogP contribution in [0.25, 0.3) is 0 Å². The van der Waals surface area contributed by atoms with Crippen molar-refractivity contribution in [2.24, 2.45) is 10.7 Å². The maximum atomic E-state index is 13.5. The molecule has 1 aliphatic heterocycles. The summed E-state index contributed by atoms with van der Waals surface area (Å²) in [5, 5.41) is 0.138. The summed E-state index contributed by atoms with van der Waals surface area (Å²) in [4.78, 5) is 31.9. The third-order valence-electron chi connectivity index (χ3n) is 5.26. The summed E-state index contributed by atoms with van der Waals surface area (Å²) in [5.41, 5.74) is 7.98. The van der Waals surface area contributed by atoms with Crippen molar-refractivity contribution in [2.45, 2.75) is 26.2 Å². The molecule has 0 bridgehead atoms. The molecule has 2 N–H and O–H groups in total. The predicted molar refractivity (Wildman–Crippen MR) is 108 cm³/mol. The monoisotopic (exact) mass is 424 g/mol. The highest BCUT2D eigenvalue weighted by atomic mass is 35.5. The van der Waals surface area contributed by atoms with E-state index in [9.17, 15) is 18.4 Å². The van der Waals surface area contributed by atoms with E-state index in [1.807, 2.05) is 4.90 Å². The molecule has 9 heteroatoms. The van der Waals surface area contributed by atoms with Gasteiger partial charge in [-0.1, -0.05) is 11.6 Å². The van der Waals surface area contributed by atoms with Gasteiger partial charge in [-0.25, -0.2) is 8.78 Å².